The SMILES string of the molecule is CCCCN1C(=O)C(=C2/C(=C/C=C3/N(CCOC(=O)CCC(F)(F)C(F)(F)C(F)(F)C(F)(F)C(F)(F)C(F)(F)C(F)(F)C(F)(F)F)c4ccc5ccccc5c4C3(C)C)CC/C2=C\C=C2\N(CCOC(=O)CCC(F)(F)C(F)(F)C(F)(F)C(F)(F)C(F)(F)C(F)(F)C(F)(F)C(F)(F)F)c3ccc4ccccc4c3C2(C)C)C(=O)N(C(C)COC)C1=O. The van der Waals surface area contributed by atoms with Gasteiger partial charge in [-0.3, -0.25) is 29.0 Å². The van der Waals surface area contributed by atoms with Gasteiger partial charge in [-0.2, -0.15) is 149 Å². The third-order valence-corrected chi connectivity index (χ3v) is 20.9. The van der Waals surface area contributed by atoms with Crippen molar-refractivity contribution in [1.29, 1.82) is 0 Å². The van der Waals surface area contributed by atoms with E-state index in [1.54, 1.807) is 95.3 Å². The zero-order chi connectivity index (χ0) is 92.2. The smallest absolute Gasteiger partial charge is 0.460 e. The molecule has 672 valence electrons. The summed E-state index contributed by atoms with van der Waals surface area (Å²) in [6.45, 7) is 5.41. The van der Waals surface area contributed by atoms with Crippen LogP contribution in [0.3, 0.4) is 0 Å². The number of unbranched alkanes of at least 4 members (excludes halogenated alkanes) is 1. The number of alkyl halides is 34. The second-order valence-corrected chi connectivity index (χ2v) is 29.5. The van der Waals surface area contributed by atoms with Crippen LogP contribution in [0.5, 0.6) is 0 Å². The van der Waals surface area contributed by atoms with E-state index in [2.05, 4.69) is 0 Å². The summed E-state index contributed by atoms with van der Waals surface area (Å²) >= 11 is 0. The highest BCUT2D eigenvalue weighted by Gasteiger charge is 2.97. The van der Waals surface area contributed by atoms with Gasteiger partial charge in [0.25, 0.3) is 11.8 Å². The average Bonchev–Trinajstić information content (AvgIpc) is 1.68. The Kier molecular flexibility index (Phi) is 25.9. The number of urea groups is 1. The first-order valence-electron chi connectivity index (χ1n) is 35.5. The minimum Gasteiger partial charge on any atom is -0.464 e. The number of hydrogen-bond donors (Lipinski definition) is 0. The van der Waals surface area contributed by atoms with Gasteiger partial charge in [-0.1, -0.05) is 114 Å². The van der Waals surface area contributed by atoms with Gasteiger partial charge in [-0.15, -0.1) is 0 Å². The molecule has 12 nitrogen and oxygen atoms in total. The Morgan fingerprint density at radius 2 is 0.752 bits per heavy atom. The Bertz CT molecular complexity index is 4570. The Labute approximate surface area is 661 Å². The number of esters is 2. The van der Waals surface area contributed by atoms with Crippen LogP contribution in [-0.2, 0) is 44.2 Å². The molecule has 46 heteroatoms. The molecule has 0 spiro atoms. The first kappa shape index (κ1) is 97.3. The zero-order valence-corrected chi connectivity index (χ0v) is 63.1. The predicted molar refractivity (Wildman–Crippen MR) is 359 cm³/mol. The van der Waals surface area contributed by atoms with Crippen molar-refractivity contribution in [3.63, 3.8) is 0 Å². The molecule has 1 unspecified atom stereocenters. The maximum absolute atomic E-state index is 15.3. The van der Waals surface area contributed by atoms with E-state index in [1.165, 1.54) is 60.3 Å². The molecule has 3 heterocycles. The molecule has 4 amide bonds. The van der Waals surface area contributed by atoms with Crippen LogP contribution in [-0.4, -0.2) is 187 Å². The molecule has 1 saturated heterocycles. The van der Waals surface area contributed by atoms with E-state index in [9.17, 15) is 146 Å². The molecule has 0 aromatic heterocycles. The van der Waals surface area contributed by atoms with Gasteiger partial charge in [0, 0.05) is 60.1 Å². The Hall–Kier alpha value is -9.17. The summed E-state index contributed by atoms with van der Waals surface area (Å²) < 4.78 is 494. The maximum atomic E-state index is 15.3. The lowest BCUT2D eigenvalue weighted by Gasteiger charge is -2.42. The number of allylic oxidation sites excluding steroid dienone is 9. The van der Waals surface area contributed by atoms with Gasteiger partial charge in [0.15, 0.2) is 0 Å². The fraction of sp³-hybridized carbons (Fsp3) is 0.533. The van der Waals surface area contributed by atoms with Crippen LogP contribution in [0, 0.1) is 0 Å². The third kappa shape index (κ3) is 15.5. The van der Waals surface area contributed by atoms with E-state index in [-0.39, 0.29) is 71.9 Å². The van der Waals surface area contributed by atoms with Gasteiger partial charge >= 0.3 is 113 Å². The van der Waals surface area contributed by atoms with E-state index >= 15 is 27.2 Å². The van der Waals surface area contributed by atoms with Crippen LogP contribution in [0.2, 0.25) is 0 Å². The number of nitrogens with zero attached hydrogens (tertiary/aromatic N) is 4. The topological polar surface area (TPSA) is 126 Å². The van der Waals surface area contributed by atoms with Gasteiger partial charge in [-0.05, 0) is 99.9 Å². The first-order chi connectivity index (χ1) is 54.9. The fourth-order valence-electron chi connectivity index (χ4n) is 14.2. The molecule has 121 heavy (non-hydrogen) atoms. The minimum atomic E-state index is -8.91. The second-order valence-electron chi connectivity index (χ2n) is 29.5. The highest BCUT2D eigenvalue weighted by Crippen LogP contribution is 2.67. The van der Waals surface area contributed by atoms with Crippen molar-refractivity contribution in [2.75, 3.05) is 56.4 Å². The minimum absolute atomic E-state index is 0.0910. The molecular formula is C75H66F34N4O8. The van der Waals surface area contributed by atoms with E-state index < -0.39 is 199 Å². The third-order valence-electron chi connectivity index (χ3n) is 20.9. The number of benzene rings is 4. The molecular weight excluding hydrogens is 1730 g/mol. The summed E-state index contributed by atoms with van der Waals surface area (Å²) in [5.74, 6) is -124. The van der Waals surface area contributed by atoms with Gasteiger partial charge in [0.05, 0.1) is 38.6 Å². The summed E-state index contributed by atoms with van der Waals surface area (Å²) in [5.41, 5.74) is -1.59. The molecule has 8 rings (SSSR count). The van der Waals surface area contributed by atoms with E-state index in [0.717, 1.165) is 9.80 Å². The van der Waals surface area contributed by atoms with Gasteiger partial charge in [-0.25, -0.2) is 4.79 Å². The van der Waals surface area contributed by atoms with Crippen molar-refractivity contribution in [3.05, 3.63) is 142 Å². The number of fused-ring (bicyclic) bond motifs is 6. The summed E-state index contributed by atoms with van der Waals surface area (Å²) in [6, 6.07) is 16.9. The largest absolute Gasteiger partial charge is 0.464 e. The van der Waals surface area contributed by atoms with Crippen LogP contribution < -0.4 is 9.80 Å². The first-order valence-corrected chi connectivity index (χ1v) is 35.5. The van der Waals surface area contributed by atoms with Crippen LogP contribution in [0.4, 0.5) is 165 Å². The van der Waals surface area contributed by atoms with Crippen molar-refractivity contribution in [2.24, 2.45) is 0 Å². The number of hydrogen-bond acceptors (Lipinski definition) is 10. The molecule has 4 aromatic rings. The van der Waals surface area contributed by atoms with Crippen molar-refractivity contribution >= 4 is 62.7 Å². The number of barbiturate groups is 1. The molecule has 2 fully saturated rings. The number of ether oxygens (including phenoxy) is 3. The molecule has 1 saturated carbocycles. The predicted octanol–water partition coefficient (Wildman–Crippen LogP) is 21.9. The van der Waals surface area contributed by atoms with E-state index in [1.807, 2.05) is 0 Å². The number of methoxy groups -OCH3 is 1. The lowest BCUT2D eigenvalue weighted by atomic mass is 9.81. The summed E-state index contributed by atoms with van der Waals surface area (Å²) in [6.07, 6.45) is -21.1. The lowest BCUT2D eigenvalue weighted by molar-refractivity contribution is -0.461. The number of carbonyl (C=O) groups is 5. The van der Waals surface area contributed by atoms with Crippen molar-refractivity contribution in [1.82, 2.24) is 9.80 Å². The van der Waals surface area contributed by atoms with Gasteiger partial charge in [0.2, 0.25) is 0 Å². The fourth-order valence-corrected chi connectivity index (χ4v) is 14.2. The number of imide groups is 2. The number of rotatable bonds is 32. The zero-order valence-electron chi connectivity index (χ0n) is 63.1. The van der Waals surface area contributed by atoms with Crippen LogP contribution >= 0.6 is 0 Å². The Balaban J connectivity index is 1.17. The lowest BCUT2D eigenvalue weighted by Crippen LogP contribution is -2.74. The van der Waals surface area contributed by atoms with E-state index in [0.29, 0.717) is 39.1 Å². The normalized spacial score (nSPS) is 19.2. The number of amides is 4. The van der Waals surface area contributed by atoms with Crippen molar-refractivity contribution < 1.29 is 187 Å². The highest BCUT2D eigenvalue weighted by molar-refractivity contribution is 6.30. The number of halogens is 34. The summed E-state index contributed by atoms with van der Waals surface area (Å²) in [4.78, 5) is 75.2. The van der Waals surface area contributed by atoms with Crippen molar-refractivity contribution in [2.45, 2.75) is 205 Å². The van der Waals surface area contributed by atoms with Gasteiger partial charge in [0.1, 0.15) is 18.8 Å². The molecule has 0 bridgehead atoms. The van der Waals surface area contributed by atoms with Crippen molar-refractivity contribution in [3.8, 4) is 0 Å². The quantitative estimate of drug-likeness (QED) is 0.0202. The van der Waals surface area contributed by atoms with Crippen LogP contribution in [0.25, 0.3) is 21.5 Å². The van der Waals surface area contributed by atoms with Crippen LogP contribution in [0.15, 0.2) is 131 Å². The van der Waals surface area contributed by atoms with E-state index in [4.69, 9.17) is 14.2 Å². The summed E-state index contributed by atoms with van der Waals surface area (Å²) in [5, 5.41) is 2.16. The average molecular weight is 1800 g/mol. The molecule has 3 aliphatic heterocycles. The molecule has 0 radical (unpaired) electrons. The number of carbonyl (C=O) groups excluding carboxylic acids is 5. The highest BCUT2D eigenvalue weighted by atomic mass is 19.4. The second kappa shape index (κ2) is 32.2. The van der Waals surface area contributed by atoms with Gasteiger partial charge < -0.3 is 24.0 Å². The maximum Gasteiger partial charge on any atom is 0.460 e. The van der Waals surface area contributed by atoms with Crippen LogP contribution in [0.1, 0.15) is 104 Å². The number of anilines is 2. The Morgan fingerprint density at radius 3 is 1.08 bits per heavy atom. The summed E-state index contributed by atoms with van der Waals surface area (Å²) in [7, 11) is 1.21. The molecule has 1 atom stereocenters. The molecule has 4 aromatic carbocycles. The monoisotopic (exact) mass is 1800 g/mol. The molecule has 0 N–H and O–H groups in total. The molecule has 1 aliphatic carbocycles. The molecule has 4 aliphatic rings. The Morgan fingerprint density at radius 1 is 0.421 bits per heavy atom. The standard InChI is InChI=1S/C75H66F34N4O8/c1-8-9-32-112-55(116)52(56(117)113(57(112)118)38(2)37-119-7)51-41(22-26-47-58(3,4)53-43-16-12-10-14-39(43)20-24-45(53)110(47)33-35-120-49(114)28-30-60(76,77)62(80,81)64(84,85)66(88,89)68(92,93)70(96,97)72(100,101)74(104,105)106)18-19-42(51)23-27-48-59(5,6)54-44-17-13-11-15-40(44)21-25-46(54)111(48)34-36-121-50(115)29-31-61(78,79)63(82,83)65(86,87)67(90,91)69(94,95)71(98,99)73(102,103)75(107,108)109/h10-17,20-27,38H,8-9,18-19,28-37H2,1-7H3/b41-22+,42-23+,47-26+,48-27+.